The second kappa shape index (κ2) is 7.61. The van der Waals surface area contributed by atoms with Crippen molar-refractivity contribution in [1.29, 1.82) is 0 Å². The van der Waals surface area contributed by atoms with E-state index in [4.69, 9.17) is 0 Å². The molecule has 4 rings (SSSR count). The zero-order chi connectivity index (χ0) is 17.9. The molecule has 0 atom stereocenters. The summed E-state index contributed by atoms with van der Waals surface area (Å²) in [6.45, 7) is 5.14. The molecule has 7 heteroatoms. The molecule has 0 spiro atoms. The van der Waals surface area contributed by atoms with Crippen LogP contribution in [-0.4, -0.2) is 60.0 Å². The first kappa shape index (κ1) is 17.3. The van der Waals surface area contributed by atoms with Gasteiger partial charge in [0.25, 0.3) is 5.91 Å². The lowest BCUT2D eigenvalue weighted by Crippen LogP contribution is -2.49. The highest BCUT2D eigenvalue weighted by atomic mass is 79.9. The second-order valence-electron chi connectivity index (χ2n) is 6.71. The first-order valence-corrected chi connectivity index (χ1v) is 9.87. The number of piperazine rings is 1. The molecule has 0 radical (unpaired) electrons. The van der Waals surface area contributed by atoms with E-state index in [0.29, 0.717) is 13.1 Å². The number of nitrogens with zero attached hydrogens (tertiary/aromatic N) is 5. The van der Waals surface area contributed by atoms with Crippen LogP contribution < -0.4 is 9.80 Å². The van der Waals surface area contributed by atoms with Gasteiger partial charge in [0.2, 0.25) is 0 Å². The van der Waals surface area contributed by atoms with Crippen LogP contribution in [0, 0.1) is 0 Å². The maximum atomic E-state index is 12.6. The molecule has 2 aliphatic heterocycles. The van der Waals surface area contributed by atoms with Gasteiger partial charge in [0, 0.05) is 55.4 Å². The van der Waals surface area contributed by atoms with Crippen molar-refractivity contribution in [3.8, 4) is 0 Å². The predicted octanol–water partition coefficient (Wildman–Crippen LogP) is 2.80. The standard InChI is InChI=1S/C19H22BrN5O/c20-16-5-3-15(4-6-16)19(26)25-11-9-24(10-12-25)18-13-17(21-14-22-18)23-7-1-2-8-23/h3-6,13-14H,1-2,7-12H2. The van der Waals surface area contributed by atoms with Crippen LogP contribution in [0.25, 0.3) is 0 Å². The number of hydrogen-bond acceptors (Lipinski definition) is 5. The molecule has 3 heterocycles. The summed E-state index contributed by atoms with van der Waals surface area (Å²) in [5, 5.41) is 0. The molecule has 2 fully saturated rings. The van der Waals surface area contributed by atoms with Gasteiger partial charge in [-0.05, 0) is 37.1 Å². The fourth-order valence-corrected chi connectivity index (χ4v) is 3.81. The first-order valence-electron chi connectivity index (χ1n) is 9.07. The average Bonchev–Trinajstić information content (AvgIpc) is 3.23. The Morgan fingerprint density at radius 2 is 1.42 bits per heavy atom. The van der Waals surface area contributed by atoms with E-state index >= 15 is 0 Å². The van der Waals surface area contributed by atoms with Gasteiger partial charge in [-0.1, -0.05) is 15.9 Å². The van der Waals surface area contributed by atoms with E-state index in [1.807, 2.05) is 29.2 Å². The molecule has 2 aromatic rings. The highest BCUT2D eigenvalue weighted by molar-refractivity contribution is 9.10. The van der Waals surface area contributed by atoms with Crippen LogP contribution in [-0.2, 0) is 0 Å². The Kier molecular flexibility index (Phi) is 5.06. The number of rotatable bonds is 3. The van der Waals surface area contributed by atoms with E-state index < -0.39 is 0 Å². The van der Waals surface area contributed by atoms with E-state index in [-0.39, 0.29) is 5.91 Å². The third-order valence-corrected chi connectivity index (χ3v) is 5.58. The smallest absolute Gasteiger partial charge is 0.253 e. The molecule has 0 aliphatic carbocycles. The number of benzene rings is 1. The van der Waals surface area contributed by atoms with Gasteiger partial charge in [-0.25, -0.2) is 9.97 Å². The van der Waals surface area contributed by atoms with Gasteiger partial charge < -0.3 is 14.7 Å². The normalized spacial score (nSPS) is 17.7. The number of amides is 1. The summed E-state index contributed by atoms with van der Waals surface area (Å²) >= 11 is 3.41. The Balaban J connectivity index is 1.39. The van der Waals surface area contributed by atoms with Crippen LogP contribution in [0.15, 0.2) is 41.1 Å². The second-order valence-corrected chi connectivity index (χ2v) is 7.63. The van der Waals surface area contributed by atoms with E-state index in [1.165, 1.54) is 12.8 Å². The molecular weight excluding hydrogens is 394 g/mol. The van der Waals surface area contributed by atoms with Gasteiger partial charge in [-0.2, -0.15) is 0 Å². The third-order valence-electron chi connectivity index (χ3n) is 5.05. The molecule has 1 aromatic carbocycles. The van der Waals surface area contributed by atoms with Gasteiger partial charge in [0.05, 0.1) is 0 Å². The summed E-state index contributed by atoms with van der Waals surface area (Å²) < 4.78 is 0.983. The average molecular weight is 416 g/mol. The maximum absolute atomic E-state index is 12.6. The Bertz CT molecular complexity index is 768. The molecule has 26 heavy (non-hydrogen) atoms. The molecule has 0 unspecified atom stereocenters. The quantitative estimate of drug-likeness (QED) is 0.771. The van der Waals surface area contributed by atoms with Gasteiger partial charge in [-0.15, -0.1) is 0 Å². The molecule has 0 bridgehead atoms. The zero-order valence-electron chi connectivity index (χ0n) is 14.6. The Morgan fingerprint density at radius 1 is 0.846 bits per heavy atom. The fraction of sp³-hybridized carbons (Fsp3) is 0.421. The molecule has 136 valence electrons. The minimum atomic E-state index is 0.0950. The number of hydrogen-bond donors (Lipinski definition) is 0. The molecule has 2 saturated heterocycles. The molecule has 1 aromatic heterocycles. The minimum Gasteiger partial charge on any atom is -0.356 e. The Morgan fingerprint density at radius 3 is 2.04 bits per heavy atom. The molecule has 0 saturated carbocycles. The number of carbonyl (C=O) groups excluding carboxylic acids is 1. The van der Waals surface area contributed by atoms with Crippen molar-refractivity contribution in [2.75, 3.05) is 49.1 Å². The Hall–Kier alpha value is -2.15. The van der Waals surface area contributed by atoms with Crippen molar-refractivity contribution in [1.82, 2.24) is 14.9 Å². The van der Waals surface area contributed by atoms with Crippen LogP contribution in [0.2, 0.25) is 0 Å². The maximum Gasteiger partial charge on any atom is 0.253 e. The lowest BCUT2D eigenvalue weighted by atomic mass is 10.2. The van der Waals surface area contributed by atoms with Crippen LogP contribution in [0.4, 0.5) is 11.6 Å². The number of aromatic nitrogens is 2. The SMILES string of the molecule is O=C(c1ccc(Br)cc1)N1CCN(c2cc(N3CCCC3)ncn2)CC1. The third kappa shape index (κ3) is 3.67. The highest BCUT2D eigenvalue weighted by Gasteiger charge is 2.23. The van der Waals surface area contributed by atoms with Crippen molar-refractivity contribution in [2.24, 2.45) is 0 Å². The predicted molar refractivity (Wildman–Crippen MR) is 106 cm³/mol. The lowest BCUT2D eigenvalue weighted by Gasteiger charge is -2.35. The van der Waals surface area contributed by atoms with E-state index in [0.717, 1.165) is 47.9 Å². The van der Waals surface area contributed by atoms with Crippen LogP contribution in [0.3, 0.4) is 0 Å². The molecule has 2 aliphatic rings. The lowest BCUT2D eigenvalue weighted by molar-refractivity contribution is 0.0746. The summed E-state index contributed by atoms with van der Waals surface area (Å²) in [5.74, 6) is 2.07. The molecule has 1 amide bonds. The summed E-state index contributed by atoms with van der Waals surface area (Å²) in [5.41, 5.74) is 0.736. The van der Waals surface area contributed by atoms with E-state index in [2.05, 4.69) is 41.8 Å². The number of halogens is 1. The highest BCUT2D eigenvalue weighted by Crippen LogP contribution is 2.22. The van der Waals surface area contributed by atoms with Crippen molar-refractivity contribution >= 4 is 33.5 Å². The van der Waals surface area contributed by atoms with Crippen LogP contribution in [0.1, 0.15) is 23.2 Å². The summed E-state index contributed by atoms with van der Waals surface area (Å²) in [6, 6.07) is 9.63. The van der Waals surface area contributed by atoms with E-state index in [9.17, 15) is 4.79 Å². The van der Waals surface area contributed by atoms with Crippen LogP contribution in [0.5, 0.6) is 0 Å². The molecular formula is C19H22BrN5O. The molecule has 0 N–H and O–H groups in total. The first-order chi connectivity index (χ1) is 12.7. The monoisotopic (exact) mass is 415 g/mol. The number of carbonyl (C=O) groups is 1. The van der Waals surface area contributed by atoms with Crippen LogP contribution >= 0.6 is 15.9 Å². The summed E-state index contributed by atoms with van der Waals surface area (Å²) in [7, 11) is 0. The topological polar surface area (TPSA) is 52.6 Å². The minimum absolute atomic E-state index is 0.0950. The van der Waals surface area contributed by atoms with Gasteiger partial charge >= 0.3 is 0 Å². The van der Waals surface area contributed by atoms with Gasteiger partial charge in [0.15, 0.2) is 0 Å². The van der Waals surface area contributed by atoms with Crippen molar-refractivity contribution < 1.29 is 4.79 Å². The zero-order valence-corrected chi connectivity index (χ0v) is 16.2. The largest absolute Gasteiger partial charge is 0.356 e. The van der Waals surface area contributed by atoms with Crippen molar-refractivity contribution in [3.05, 3.63) is 46.7 Å². The van der Waals surface area contributed by atoms with E-state index in [1.54, 1.807) is 6.33 Å². The van der Waals surface area contributed by atoms with Crippen molar-refractivity contribution in [2.45, 2.75) is 12.8 Å². The number of anilines is 2. The summed E-state index contributed by atoms with van der Waals surface area (Å²) in [6.07, 6.45) is 4.12. The Labute approximate surface area is 162 Å². The fourth-order valence-electron chi connectivity index (χ4n) is 3.54. The van der Waals surface area contributed by atoms with Gasteiger partial charge in [0.1, 0.15) is 18.0 Å². The summed E-state index contributed by atoms with van der Waals surface area (Å²) in [4.78, 5) is 28.0. The van der Waals surface area contributed by atoms with Gasteiger partial charge in [-0.3, -0.25) is 4.79 Å². The molecule has 6 nitrogen and oxygen atoms in total. The van der Waals surface area contributed by atoms with Crippen molar-refractivity contribution in [3.63, 3.8) is 0 Å².